The zero-order valence-electron chi connectivity index (χ0n) is 19.2. The minimum Gasteiger partial charge on any atom is -0.457 e. The van der Waals surface area contributed by atoms with Gasteiger partial charge >= 0.3 is 5.97 Å². The standard InChI is InChI=1S/C28H25N3O3/c1-18-22(10-11-24-25(18)17-34-28(24)33)27(32)16-30(2)15-19-6-8-21(9-7-19)31-13-12-23-20(14-29)4-3-5-26(23)31/h3-13,27,32H,15-17H2,1-2H3. The number of carbonyl (C=O) groups is 1. The Morgan fingerprint density at radius 1 is 1.15 bits per heavy atom. The van der Waals surface area contributed by atoms with E-state index in [2.05, 4.69) is 39.8 Å². The summed E-state index contributed by atoms with van der Waals surface area (Å²) in [6, 6.07) is 21.9. The van der Waals surface area contributed by atoms with E-state index in [0.717, 1.165) is 38.8 Å². The normalized spacial score (nSPS) is 13.7. The lowest BCUT2D eigenvalue weighted by Gasteiger charge is -2.22. The Hall–Kier alpha value is -3.92. The topological polar surface area (TPSA) is 78.5 Å². The number of aromatic nitrogens is 1. The first kappa shape index (κ1) is 21.9. The Bertz CT molecular complexity index is 1430. The summed E-state index contributed by atoms with van der Waals surface area (Å²) in [7, 11) is 1.98. The molecule has 0 radical (unpaired) electrons. The summed E-state index contributed by atoms with van der Waals surface area (Å²) in [5.41, 5.74) is 7.07. The van der Waals surface area contributed by atoms with E-state index in [9.17, 15) is 15.2 Å². The number of fused-ring (bicyclic) bond motifs is 2. The van der Waals surface area contributed by atoms with Crippen molar-refractivity contribution in [2.45, 2.75) is 26.2 Å². The summed E-state index contributed by atoms with van der Waals surface area (Å²) in [5, 5.41) is 21.1. The van der Waals surface area contributed by atoms with Crippen molar-refractivity contribution in [1.29, 1.82) is 5.26 Å². The van der Waals surface area contributed by atoms with Gasteiger partial charge in [0.1, 0.15) is 6.61 Å². The monoisotopic (exact) mass is 451 g/mol. The number of esters is 1. The largest absolute Gasteiger partial charge is 0.457 e. The van der Waals surface area contributed by atoms with Gasteiger partial charge in [-0.15, -0.1) is 0 Å². The van der Waals surface area contributed by atoms with Crippen LogP contribution in [0.1, 0.15) is 44.3 Å². The molecule has 1 aromatic heterocycles. The van der Waals surface area contributed by atoms with Crippen LogP contribution in [0.25, 0.3) is 16.6 Å². The van der Waals surface area contributed by atoms with Crippen LogP contribution in [0.5, 0.6) is 0 Å². The molecular formula is C28H25N3O3. The quantitative estimate of drug-likeness (QED) is 0.432. The second kappa shape index (κ2) is 8.79. The van der Waals surface area contributed by atoms with Gasteiger partial charge < -0.3 is 14.4 Å². The highest BCUT2D eigenvalue weighted by molar-refractivity contribution is 5.94. The summed E-state index contributed by atoms with van der Waals surface area (Å²) in [4.78, 5) is 13.8. The maximum absolute atomic E-state index is 11.8. The summed E-state index contributed by atoms with van der Waals surface area (Å²) in [6.45, 7) is 3.36. The molecule has 1 unspecified atom stereocenters. The molecule has 0 aliphatic carbocycles. The first-order chi connectivity index (χ1) is 16.5. The second-order valence-corrected chi connectivity index (χ2v) is 8.80. The zero-order valence-corrected chi connectivity index (χ0v) is 19.2. The molecule has 3 aromatic carbocycles. The van der Waals surface area contributed by atoms with Gasteiger partial charge in [-0.2, -0.15) is 5.26 Å². The molecule has 6 nitrogen and oxygen atoms in total. The highest BCUT2D eigenvalue weighted by Gasteiger charge is 2.26. The number of carbonyl (C=O) groups excluding carboxylic acids is 1. The fourth-order valence-corrected chi connectivity index (χ4v) is 4.75. The molecule has 34 heavy (non-hydrogen) atoms. The van der Waals surface area contributed by atoms with Crippen LogP contribution in [0.2, 0.25) is 0 Å². The molecule has 0 bridgehead atoms. The van der Waals surface area contributed by atoms with E-state index < -0.39 is 6.10 Å². The van der Waals surface area contributed by atoms with Gasteiger partial charge in [-0.3, -0.25) is 4.90 Å². The van der Waals surface area contributed by atoms with Crippen molar-refractivity contribution in [3.63, 3.8) is 0 Å². The molecule has 0 spiro atoms. The molecule has 0 amide bonds. The number of aliphatic hydroxyl groups is 1. The van der Waals surface area contributed by atoms with Crippen molar-refractivity contribution >= 4 is 16.9 Å². The molecule has 170 valence electrons. The SMILES string of the molecule is Cc1c(C(O)CN(C)Cc2ccc(-n3ccc4c(C#N)cccc43)cc2)ccc2c1COC2=O. The van der Waals surface area contributed by atoms with Gasteiger partial charge in [-0.25, -0.2) is 4.79 Å². The van der Waals surface area contributed by atoms with Crippen molar-refractivity contribution in [3.8, 4) is 11.8 Å². The number of ether oxygens (including phenoxy) is 1. The molecule has 0 saturated heterocycles. The Morgan fingerprint density at radius 2 is 1.94 bits per heavy atom. The number of cyclic esters (lactones) is 1. The molecule has 1 aliphatic heterocycles. The highest BCUT2D eigenvalue weighted by Crippen LogP contribution is 2.29. The third kappa shape index (κ3) is 3.86. The smallest absolute Gasteiger partial charge is 0.338 e. The van der Waals surface area contributed by atoms with Crippen LogP contribution in [-0.2, 0) is 17.9 Å². The molecule has 0 saturated carbocycles. The lowest BCUT2D eigenvalue weighted by Crippen LogP contribution is -2.24. The Morgan fingerprint density at radius 3 is 2.71 bits per heavy atom. The summed E-state index contributed by atoms with van der Waals surface area (Å²) >= 11 is 0. The van der Waals surface area contributed by atoms with Gasteiger partial charge in [-0.05, 0) is 67.1 Å². The van der Waals surface area contributed by atoms with Gasteiger partial charge in [0.2, 0.25) is 0 Å². The predicted molar refractivity (Wildman–Crippen MR) is 130 cm³/mol. The maximum atomic E-state index is 11.8. The Kier molecular flexibility index (Phi) is 5.66. The Labute approximate surface area is 198 Å². The van der Waals surface area contributed by atoms with Gasteiger partial charge in [0.15, 0.2) is 0 Å². The summed E-state index contributed by atoms with van der Waals surface area (Å²) in [5.74, 6) is -0.293. The van der Waals surface area contributed by atoms with Gasteiger partial charge in [0.25, 0.3) is 0 Å². The first-order valence-electron chi connectivity index (χ1n) is 11.2. The first-order valence-corrected chi connectivity index (χ1v) is 11.2. The fraction of sp³-hybridized carbons (Fsp3) is 0.214. The third-order valence-electron chi connectivity index (χ3n) is 6.57. The van der Waals surface area contributed by atoms with Crippen LogP contribution in [0, 0.1) is 18.3 Å². The van der Waals surface area contributed by atoms with Crippen LogP contribution < -0.4 is 0 Å². The number of hydrogen-bond acceptors (Lipinski definition) is 5. The second-order valence-electron chi connectivity index (χ2n) is 8.80. The molecule has 0 fully saturated rings. The van der Waals surface area contributed by atoms with E-state index in [-0.39, 0.29) is 12.6 Å². The Balaban J connectivity index is 1.28. The lowest BCUT2D eigenvalue weighted by atomic mass is 9.95. The van der Waals surface area contributed by atoms with E-state index in [4.69, 9.17) is 4.74 Å². The molecular weight excluding hydrogens is 426 g/mol. The van der Waals surface area contributed by atoms with Gasteiger partial charge in [0.05, 0.1) is 28.8 Å². The molecule has 5 rings (SSSR count). The van der Waals surface area contributed by atoms with Crippen LogP contribution in [0.3, 0.4) is 0 Å². The highest BCUT2D eigenvalue weighted by atomic mass is 16.5. The maximum Gasteiger partial charge on any atom is 0.338 e. The number of benzene rings is 3. The van der Waals surface area contributed by atoms with E-state index in [0.29, 0.717) is 24.2 Å². The molecule has 2 heterocycles. The minimum atomic E-state index is -0.661. The van der Waals surface area contributed by atoms with Crippen molar-refractivity contribution in [2.75, 3.05) is 13.6 Å². The van der Waals surface area contributed by atoms with Crippen molar-refractivity contribution < 1.29 is 14.6 Å². The fourth-order valence-electron chi connectivity index (χ4n) is 4.75. The van der Waals surface area contributed by atoms with Crippen molar-refractivity contribution in [3.05, 3.63) is 100 Å². The van der Waals surface area contributed by atoms with Crippen molar-refractivity contribution in [1.82, 2.24) is 9.47 Å². The molecule has 6 heteroatoms. The number of likely N-dealkylation sites (N-methyl/N-ethyl adjacent to an activating group) is 1. The molecule has 1 N–H and O–H groups in total. The number of hydrogen-bond donors (Lipinski definition) is 1. The van der Waals surface area contributed by atoms with E-state index in [1.807, 2.05) is 50.5 Å². The van der Waals surface area contributed by atoms with E-state index >= 15 is 0 Å². The number of aliphatic hydroxyl groups excluding tert-OH is 1. The van der Waals surface area contributed by atoms with Crippen molar-refractivity contribution in [2.24, 2.45) is 0 Å². The van der Waals surface area contributed by atoms with Crippen LogP contribution in [0.15, 0.2) is 66.9 Å². The van der Waals surface area contributed by atoms with Crippen LogP contribution in [-0.4, -0.2) is 34.1 Å². The summed E-state index contributed by atoms with van der Waals surface area (Å²) in [6.07, 6.45) is 1.33. The lowest BCUT2D eigenvalue weighted by molar-refractivity contribution is 0.0535. The third-order valence-corrected chi connectivity index (χ3v) is 6.57. The molecule has 1 atom stereocenters. The number of nitrogens with zero attached hydrogens (tertiary/aromatic N) is 3. The van der Waals surface area contributed by atoms with Gasteiger partial charge in [0, 0.05) is 35.9 Å². The van der Waals surface area contributed by atoms with E-state index in [1.54, 1.807) is 6.07 Å². The number of nitriles is 1. The number of rotatable bonds is 6. The predicted octanol–water partition coefficient (Wildman–Crippen LogP) is 4.65. The van der Waals surface area contributed by atoms with Crippen LogP contribution in [0.4, 0.5) is 0 Å². The minimum absolute atomic E-state index is 0.275. The van der Waals surface area contributed by atoms with Crippen LogP contribution >= 0.6 is 0 Å². The van der Waals surface area contributed by atoms with E-state index in [1.165, 1.54) is 0 Å². The zero-order chi connectivity index (χ0) is 23.8. The average molecular weight is 452 g/mol. The summed E-state index contributed by atoms with van der Waals surface area (Å²) < 4.78 is 7.21. The molecule has 1 aliphatic rings. The average Bonchev–Trinajstić information content (AvgIpc) is 3.44. The molecule has 4 aromatic rings. The van der Waals surface area contributed by atoms with Gasteiger partial charge in [-0.1, -0.05) is 24.3 Å².